The van der Waals surface area contributed by atoms with Crippen LogP contribution in [0.25, 0.3) is 0 Å². The van der Waals surface area contributed by atoms with Gasteiger partial charge in [0.1, 0.15) is 0 Å². The summed E-state index contributed by atoms with van der Waals surface area (Å²) in [6.07, 6.45) is 2.84. The summed E-state index contributed by atoms with van der Waals surface area (Å²) in [6, 6.07) is 12.0. The summed E-state index contributed by atoms with van der Waals surface area (Å²) in [5.74, 6) is 0.620. The zero-order valence-corrected chi connectivity index (χ0v) is 15.8. The maximum atomic E-state index is 6.10. The highest BCUT2D eigenvalue weighted by atomic mass is 16.5. The first-order chi connectivity index (χ1) is 11.4. The van der Waals surface area contributed by atoms with Crippen LogP contribution >= 0.6 is 0 Å². The molecule has 1 aliphatic carbocycles. The first kappa shape index (κ1) is 17.9. The molecule has 1 saturated carbocycles. The Labute approximate surface area is 147 Å². The first-order valence-corrected chi connectivity index (χ1v) is 9.59. The number of likely N-dealkylation sites (tertiary alicyclic amines) is 1. The highest BCUT2D eigenvalue weighted by Crippen LogP contribution is 2.43. The predicted octanol–water partition coefficient (Wildman–Crippen LogP) is 3.69. The van der Waals surface area contributed by atoms with Gasteiger partial charge in [0, 0.05) is 43.7 Å². The van der Waals surface area contributed by atoms with Crippen LogP contribution in [0.15, 0.2) is 30.3 Å². The second-order valence-electron chi connectivity index (χ2n) is 8.70. The Morgan fingerprint density at radius 2 is 2.00 bits per heavy atom. The van der Waals surface area contributed by atoms with Crippen LogP contribution in [0.5, 0.6) is 0 Å². The lowest BCUT2D eigenvalue weighted by atomic mass is 9.64. The van der Waals surface area contributed by atoms with Gasteiger partial charge in [-0.3, -0.25) is 4.90 Å². The Morgan fingerprint density at radius 3 is 2.67 bits per heavy atom. The molecular weight excluding hydrogens is 296 g/mol. The normalized spacial score (nSPS) is 29.8. The molecule has 1 N–H and O–H groups in total. The molecule has 3 heteroatoms. The molecule has 2 fully saturated rings. The fourth-order valence-corrected chi connectivity index (χ4v) is 4.00. The summed E-state index contributed by atoms with van der Waals surface area (Å²) in [5, 5.41) is 3.92. The van der Waals surface area contributed by atoms with Crippen molar-refractivity contribution in [3.8, 4) is 0 Å². The van der Waals surface area contributed by atoms with Crippen molar-refractivity contribution in [1.29, 1.82) is 0 Å². The lowest BCUT2D eigenvalue weighted by Gasteiger charge is -2.53. The third-order valence-electron chi connectivity index (χ3n) is 5.77. The van der Waals surface area contributed by atoms with Crippen molar-refractivity contribution in [3.63, 3.8) is 0 Å². The van der Waals surface area contributed by atoms with Crippen molar-refractivity contribution in [1.82, 2.24) is 10.2 Å². The fraction of sp³-hybridized carbons (Fsp3) is 0.714. The topological polar surface area (TPSA) is 24.5 Å². The van der Waals surface area contributed by atoms with Gasteiger partial charge in [-0.05, 0) is 24.3 Å². The largest absolute Gasteiger partial charge is 0.377 e. The minimum absolute atomic E-state index is 0.252. The highest BCUT2D eigenvalue weighted by molar-refractivity contribution is 5.14. The lowest BCUT2D eigenvalue weighted by Crippen LogP contribution is -2.63. The maximum absolute atomic E-state index is 6.10. The van der Waals surface area contributed by atoms with Crippen LogP contribution in [0, 0.1) is 11.3 Å². The van der Waals surface area contributed by atoms with Crippen LogP contribution < -0.4 is 5.32 Å². The van der Waals surface area contributed by atoms with E-state index in [1.165, 1.54) is 25.1 Å². The van der Waals surface area contributed by atoms with Gasteiger partial charge in [0.05, 0.1) is 6.10 Å². The van der Waals surface area contributed by atoms with Crippen LogP contribution in [0.2, 0.25) is 0 Å². The van der Waals surface area contributed by atoms with Gasteiger partial charge in [-0.2, -0.15) is 0 Å². The predicted molar refractivity (Wildman–Crippen MR) is 100 cm³/mol. The summed E-state index contributed by atoms with van der Waals surface area (Å²) in [7, 11) is 0. The average Bonchev–Trinajstić information content (AvgIpc) is 2.98. The monoisotopic (exact) mass is 330 g/mol. The van der Waals surface area contributed by atoms with E-state index in [9.17, 15) is 0 Å². The van der Waals surface area contributed by atoms with E-state index >= 15 is 0 Å². The van der Waals surface area contributed by atoms with Gasteiger partial charge in [-0.1, -0.05) is 58.0 Å². The van der Waals surface area contributed by atoms with Gasteiger partial charge in [0.2, 0.25) is 0 Å². The summed E-state index contributed by atoms with van der Waals surface area (Å²) in [4.78, 5) is 2.57. The summed E-state index contributed by atoms with van der Waals surface area (Å²) in [5.41, 5.74) is 1.67. The number of hydrogen-bond donors (Lipinski definition) is 1. The molecule has 2 aliphatic rings. The smallest absolute Gasteiger partial charge is 0.0656 e. The lowest BCUT2D eigenvalue weighted by molar-refractivity contribution is -0.125. The van der Waals surface area contributed by atoms with Crippen LogP contribution in [-0.4, -0.2) is 42.8 Å². The Bertz CT molecular complexity index is 514. The van der Waals surface area contributed by atoms with Gasteiger partial charge >= 0.3 is 0 Å². The van der Waals surface area contributed by atoms with Gasteiger partial charge in [0.25, 0.3) is 0 Å². The van der Waals surface area contributed by atoms with Gasteiger partial charge in [-0.15, -0.1) is 0 Å². The van der Waals surface area contributed by atoms with Crippen molar-refractivity contribution < 1.29 is 4.74 Å². The number of nitrogens with one attached hydrogen (secondary N) is 1. The van der Waals surface area contributed by atoms with E-state index < -0.39 is 0 Å². The third kappa shape index (κ3) is 4.19. The summed E-state index contributed by atoms with van der Waals surface area (Å²) in [6.45, 7) is 13.5. The Kier molecular flexibility index (Phi) is 5.63. The maximum Gasteiger partial charge on any atom is 0.0656 e. The molecule has 0 amide bonds. The van der Waals surface area contributed by atoms with E-state index in [2.05, 4.69) is 68.2 Å². The molecule has 3 unspecified atom stereocenters. The molecule has 3 atom stereocenters. The molecule has 1 heterocycles. The molecule has 0 aromatic heterocycles. The zero-order valence-electron chi connectivity index (χ0n) is 15.8. The molecular formula is C21H34N2O. The molecule has 1 aromatic rings. The second-order valence-corrected chi connectivity index (χ2v) is 8.70. The van der Waals surface area contributed by atoms with Crippen LogP contribution in [0.3, 0.4) is 0 Å². The molecule has 1 aliphatic heterocycles. The van der Waals surface area contributed by atoms with E-state index in [1.807, 2.05) is 0 Å². The Morgan fingerprint density at radius 1 is 1.25 bits per heavy atom. The van der Waals surface area contributed by atoms with E-state index in [-0.39, 0.29) is 5.41 Å². The van der Waals surface area contributed by atoms with E-state index in [0.717, 1.165) is 19.6 Å². The fourth-order valence-electron chi connectivity index (χ4n) is 4.00. The highest BCUT2D eigenvalue weighted by Gasteiger charge is 2.49. The Balaban J connectivity index is 1.43. The second kappa shape index (κ2) is 7.55. The first-order valence-electron chi connectivity index (χ1n) is 9.59. The minimum atomic E-state index is 0.252. The van der Waals surface area contributed by atoms with Crippen molar-refractivity contribution in [3.05, 3.63) is 35.9 Å². The average molecular weight is 331 g/mol. The van der Waals surface area contributed by atoms with E-state index in [4.69, 9.17) is 4.74 Å². The molecule has 3 nitrogen and oxygen atoms in total. The molecule has 0 radical (unpaired) electrons. The minimum Gasteiger partial charge on any atom is -0.377 e. The van der Waals surface area contributed by atoms with Crippen LogP contribution in [-0.2, 0) is 11.3 Å². The molecule has 1 saturated heterocycles. The van der Waals surface area contributed by atoms with Gasteiger partial charge in [0.15, 0.2) is 0 Å². The third-order valence-corrected chi connectivity index (χ3v) is 5.77. The molecule has 134 valence electrons. The number of benzene rings is 1. The standard InChI is InChI=1S/C21H34N2O/c1-16(2)15-24-20-12-19(21(20,3)4)22-18-10-11-23(14-18)13-17-8-6-5-7-9-17/h5-9,16,18-20,22H,10-15H2,1-4H3. The molecule has 3 rings (SSSR count). The van der Waals surface area contributed by atoms with Crippen molar-refractivity contribution in [2.75, 3.05) is 19.7 Å². The van der Waals surface area contributed by atoms with Crippen molar-refractivity contribution >= 4 is 0 Å². The van der Waals surface area contributed by atoms with Crippen LogP contribution in [0.4, 0.5) is 0 Å². The molecule has 1 aromatic carbocycles. The van der Waals surface area contributed by atoms with E-state index in [1.54, 1.807) is 0 Å². The van der Waals surface area contributed by atoms with Crippen LogP contribution in [0.1, 0.15) is 46.1 Å². The Hall–Kier alpha value is -0.900. The number of ether oxygens (including phenoxy) is 1. The molecule has 24 heavy (non-hydrogen) atoms. The summed E-state index contributed by atoms with van der Waals surface area (Å²) >= 11 is 0. The van der Waals surface area contributed by atoms with Crippen molar-refractivity contribution in [2.24, 2.45) is 11.3 Å². The SMILES string of the molecule is CC(C)COC1CC(NC2CCN(Cc3ccccc3)C2)C1(C)C. The van der Waals surface area contributed by atoms with Gasteiger partial charge < -0.3 is 10.1 Å². The molecule has 0 bridgehead atoms. The van der Waals surface area contributed by atoms with Gasteiger partial charge in [-0.25, -0.2) is 0 Å². The summed E-state index contributed by atoms with van der Waals surface area (Å²) < 4.78 is 6.10. The molecule has 0 spiro atoms. The zero-order chi connectivity index (χ0) is 17.2. The quantitative estimate of drug-likeness (QED) is 0.825. The number of hydrogen-bond acceptors (Lipinski definition) is 3. The van der Waals surface area contributed by atoms with Crippen molar-refractivity contribution in [2.45, 2.75) is 65.3 Å². The number of nitrogens with zero attached hydrogens (tertiary/aromatic N) is 1. The number of rotatable bonds is 7. The van der Waals surface area contributed by atoms with E-state index in [0.29, 0.717) is 24.1 Å².